The number of hydrogen-bond acceptors (Lipinski definition) is 3. The Hall–Kier alpha value is -1.79. The highest BCUT2D eigenvalue weighted by atomic mass is 32.1. The van der Waals surface area contributed by atoms with Crippen molar-refractivity contribution >= 4 is 11.3 Å². The maximum absolute atomic E-state index is 8.62. The smallest absolute Gasteiger partial charge is 0.122 e. The Morgan fingerprint density at radius 2 is 2.00 bits per heavy atom. The number of hydrogen-bond donors (Lipinski definition) is 0. The summed E-state index contributed by atoms with van der Waals surface area (Å²) < 4.78 is 5.55. The summed E-state index contributed by atoms with van der Waals surface area (Å²) in [7, 11) is 0. The van der Waals surface area contributed by atoms with Gasteiger partial charge in [0.05, 0.1) is 11.6 Å². The van der Waals surface area contributed by atoms with E-state index in [1.165, 1.54) is 4.88 Å². The van der Waals surface area contributed by atoms with Crippen molar-refractivity contribution in [2.24, 2.45) is 0 Å². The van der Waals surface area contributed by atoms with Crippen molar-refractivity contribution < 1.29 is 4.74 Å². The number of ether oxygens (including phenoxy) is 1. The van der Waals surface area contributed by atoms with E-state index in [1.807, 2.05) is 29.6 Å². The Morgan fingerprint density at radius 1 is 1.20 bits per heavy atom. The lowest BCUT2D eigenvalue weighted by atomic mass is 10.2. The minimum atomic E-state index is 0.587. The summed E-state index contributed by atoms with van der Waals surface area (Å²) in [5.74, 6) is 0.794. The number of nitriles is 1. The molecule has 0 bridgehead atoms. The zero-order valence-electron chi connectivity index (χ0n) is 8.01. The minimum absolute atomic E-state index is 0.587. The molecule has 0 saturated carbocycles. The van der Waals surface area contributed by atoms with Crippen LogP contribution in [-0.2, 0) is 6.61 Å². The first kappa shape index (κ1) is 9.75. The molecule has 2 rings (SSSR count). The van der Waals surface area contributed by atoms with Gasteiger partial charge >= 0.3 is 0 Å². The van der Waals surface area contributed by atoms with Crippen LogP contribution in [0.5, 0.6) is 5.75 Å². The highest BCUT2D eigenvalue weighted by Gasteiger charge is 1.96. The monoisotopic (exact) mass is 215 g/mol. The molecule has 1 aromatic carbocycles. The molecule has 0 atom stereocenters. The van der Waals surface area contributed by atoms with Gasteiger partial charge in [-0.1, -0.05) is 6.07 Å². The van der Waals surface area contributed by atoms with Crippen LogP contribution in [0.1, 0.15) is 10.4 Å². The summed E-state index contributed by atoms with van der Waals surface area (Å²) >= 11 is 1.67. The lowest BCUT2D eigenvalue weighted by Crippen LogP contribution is -1.92. The second-order valence-corrected chi connectivity index (χ2v) is 4.04. The van der Waals surface area contributed by atoms with Crippen molar-refractivity contribution in [1.82, 2.24) is 0 Å². The first-order valence-corrected chi connectivity index (χ1v) is 5.42. The number of nitrogens with zero attached hydrogens (tertiary/aromatic N) is 1. The highest BCUT2D eigenvalue weighted by molar-refractivity contribution is 7.09. The van der Waals surface area contributed by atoms with E-state index in [0.717, 1.165) is 5.75 Å². The molecular weight excluding hydrogens is 206 g/mol. The molecule has 15 heavy (non-hydrogen) atoms. The fraction of sp³-hybridized carbons (Fsp3) is 0.0833. The third-order valence-electron chi connectivity index (χ3n) is 1.94. The van der Waals surface area contributed by atoms with Crippen molar-refractivity contribution in [3.05, 3.63) is 52.2 Å². The zero-order valence-corrected chi connectivity index (χ0v) is 8.83. The maximum Gasteiger partial charge on any atom is 0.122 e. The fourth-order valence-electron chi connectivity index (χ4n) is 1.17. The predicted octanol–water partition coefficient (Wildman–Crippen LogP) is 3.20. The summed E-state index contributed by atoms with van der Waals surface area (Å²) in [5, 5.41) is 10.6. The molecule has 0 radical (unpaired) electrons. The highest BCUT2D eigenvalue weighted by Crippen LogP contribution is 2.15. The van der Waals surface area contributed by atoms with Gasteiger partial charge in [-0.25, -0.2) is 0 Å². The Labute approximate surface area is 92.4 Å². The molecule has 74 valence electrons. The first-order valence-electron chi connectivity index (χ1n) is 4.54. The first-order chi connectivity index (χ1) is 7.38. The van der Waals surface area contributed by atoms with Gasteiger partial charge in [0.1, 0.15) is 12.4 Å². The van der Waals surface area contributed by atoms with Crippen molar-refractivity contribution in [2.45, 2.75) is 6.61 Å². The molecule has 0 N–H and O–H groups in total. The van der Waals surface area contributed by atoms with Gasteiger partial charge in [0.25, 0.3) is 0 Å². The summed E-state index contributed by atoms with van der Waals surface area (Å²) in [6.07, 6.45) is 0. The van der Waals surface area contributed by atoms with E-state index in [-0.39, 0.29) is 0 Å². The molecule has 0 amide bonds. The average Bonchev–Trinajstić information content (AvgIpc) is 2.80. The molecule has 1 heterocycles. The van der Waals surface area contributed by atoms with Gasteiger partial charge in [-0.15, -0.1) is 11.3 Å². The van der Waals surface area contributed by atoms with Crippen molar-refractivity contribution in [3.63, 3.8) is 0 Å². The van der Waals surface area contributed by atoms with Crippen LogP contribution >= 0.6 is 11.3 Å². The molecular formula is C12H9NOS. The molecule has 0 aliphatic rings. The van der Waals surface area contributed by atoms with Gasteiger partial charge in [-0.3, -0.25) is 0 Å². The van der Waals surface area contributed by atoms with Crippen LogP contribution < -0.4 is 4.74 Å². The van der Waals surface area contributed by atoms with Gasteiger partial charge in [-0.2, -0.15) is 5.26 Å². The third-order valence-corrected chi connectivity index (χ3v) is 2.79. The average molecular weight is 215 g/mol. The van der Waals surface area contributed by atoms with Crippen LogP contribution in [0.3, 0.4) is 0 Å². The lowest BCUT2D eigenvalue weighted by molar-refractivity contribution is 0.310. The largest absolute Gasteiger partial charge is 0.488 e. The van der Waals surface area contributed by atoms with Gasteiger partial charge in [0, 0.05) is 4.88 Å². The summed E-state index contributed by atoms with van der Waals surface area (Å²) in [6.45, 7) is 0.587. The van der Waals surface area contributed by atoms with Gasteiger partial charge in [0.2, 0.25) is 0 Å². The molecule has 0 aliphatic carbocycles. The SMILES string of the molecule is N#Cc1ccc(OCc2cccs2)cc1. The van der Waals surface area contributed by atoms with Crippen LogP contribution in [-0.4, -0.2) is 0 Å². The maximum atomic E-state index is 8.62. The van der Waals surface area contributed by atoms with Gasteiger partial charge < -0.3 is 4.74 Å². The molecule has 1 aromatic heterocycles. The molecule has 2 aromatic rings. The minimum Gasteiger partial charge on any atom is -0.488 e. The summed E-state index contributed by atoms with van der Waals surface area (Å²) in [5.41, 5.74) is 0.651. The number of benzene rings is 1. The third kappa shape index (κ3) is 2.58. The quantitative estimate of drug-likeness (QED) is 0.787. The van der Waals surface area contributed by atoms with E-state index in [0.29, 0.717) is 12.2 Å². The lowest BCUT2D eigenvalue weighted by Gasteiger charge is -2.03. The Kier molecular flexibility index (Phi) is 3.01. The van der Waals surface area contributed by atoms with Crippen molar-refractivity contribution in [3.8, 4) is 11.8 Å². The molecule has 3 heteroatoms. The zero-order chi connectivity index (χ0) is 10.5. The normalized spacial score (nSPS) is 9.53. The van der Waals surface area contributed by atoms with E-state index in [4.69, 9.17) is 10.00 Å². The van der Waals surface area contributed by atoms with Gasteiger partial charge in [0.15, 0.2) is 0 Å². The summed E-state index contributed by atoms with van der Waals surface area (Å²) in [6, 6.07) is 13.2. The van der Waals surface area contributed by atoms with Crippen LogP contribution in [0, 0.1) is 11.3 Å². The Bertz CT molecular complexity index is 453. The van der Waals surface area contributed by atoms with Gasteiger partial charge in [-0.05, 0) is 35.7 Å². The van der Waals surface area contributed by atoms with Crippen LogP contribution in [0.25, 0.3) is 0 Å². The molecule has 0 aliphatic heterocycles. The van der Waals surface area contributed by atoms with Crippen LogP contribution in [0.2, 0.25) is 0 Å². The predicted molar refractivity (Wildman–Crippen MR) is 59.8 cm³/mol. The van der Waals surface area contributed by atoms with Crippen LogP contribution in [0.15, 0.2) is 41.8 Å². The van der Waals surface area contributed by atoms with Crippen LogP contribution in [0.4, 0.5) is 0 Å². The van der Waals surface area contributed by atoms with E-state index in [9.17, 15) is 0 Å². The van der Waals surface area contributed by atoms with E-state index in [2.05, 4.69) is 6.07 Å². The topological polar surface area (TPSA) is 33.0 Å². The van der Waals surface area contributed by atoms with E-state index in [1.54, 1.807) is 23.5 Å². The second kappa shape index (κ2) is 4.63. The second-order valence-electron chi connectivity index (χ2n) is 3.00. The van der Waals surface area contributed by atoms with Crippen molar-refractivity contribution in [2.75, 3.05) is 0 Å². The fourth-order valence-corrected chi connectivity index (χ4v) is 1.79. The van der Waals surface area contributed by atoms with Crippen molar-refractivity contribution in [1.29, 1.82) is 5.26 Å². The molecule has 0 saturated heterocycles. The standard InChI is InChI=1S/C12H9NOS/c13-8-10-3-5-11(6-4-10)14-9-12-2-1-7-15-12/h1-7H,9H2. The number of rotatable bonds is 3. The summed E-state index contributed by atoms with van der Waals surface area (Å²) in [4.78, 5) is 1.19. The Balaban J connectivity index is 1.97. The molecule has 0 fully saturated rings. The van der Waals surface area contributed by atoms with E-state index < -0.39 is 0 Å². The van der Waals surface area contributed by atoms with E-state index >= 15 is 0 Å². The number of thiophene rings is 1. The molecule has 0 spiro atoms. The molecule has 0 unspecified atom stereocenters. The molecule has 2 nitrogen and oxygen atoms in total. The Morgan fingerprint density at radius 3 is 2.60 bits per heavy atom.